The number of ketones is 2. The lowest BCUT2D eigenvalue weighted by Gasteiger charge is -2.47. The fourth-order valence-corrected chi connectivity index (χ4v) is 10.5. The number of nitrogens with one attached hydrogen (secondary N) is 1. The first-order chi connectivity index (χ1) is 31.3. The van der Waals surface area contributed by atoms with Crippen molar-refractivity contribution < 1.29 is 67.0 Å². The number of thiocarbonyl (C=S) groups is 1. The summed E-state index contributed by atoms with van der Waals surface area (Å²) in [7, 11) is 4.61. The summed E-state index contributed by atoms with van der Waals surface area (Å²) in [6.45, 7) is 11.2. The number of furan rings is 1. The molecule has 2 bridgehead atoms. The molecule has 3 fully saturated rings. The SMILES string of the molecule is CC[C@@H]1/C=C(\C)C[C@H](C)C[C@H](OC)[C@H]2O[C@@](O)(C(=O)C(=O)N3CCCC[C@H]3C(=O)O[C@H](/C(C)=C/[C@@H]3CC[C@@H](OC(=S)NC(=O)c4ccco4)[C@H](OC)C3)[C@H](C)[C@@H](O)CC1=O)[C@H](C)C[C@@H]2OC. The Labute approximate surface area is 394 Å². The van der Waals surface area contributed by atoms with Crippen molar-refractivity contribution in [2.75, 3.05) is 27.9 Å². The molecule has 17 heteroatoms. The number of carbonyl (C=O) groups excluding carboxylic acids is 5. The molecule has 2 amide bonds. The maximum Gasteiger partial charge on any atom is 0.329 e. The molecule has 66 heavy (non-hydrogen) atoms. The van der Waals surface area contributed by atoms with E-state index in [1.54, 1.807) is 33.9 Å². The number of aliphatic hydroxyl groups is 2. The minimum Gasteiger partial charge on any atom is -0.465 e. The van der Waals surface area contributed by atoms with E-state index in [2.05, 4.69) is 5.32 Å². The van der Waals surface area contributed by atoms with Crippen LogP contribution in [0.3, 0.4) is 0 Å². The normalized spacial score (nSPS) is 36.8. The molecule has 4 aliphatic rings. The highest BCUT2D eigenvalue weighted by atomic mass is 32.1. The third-order valence-electron chi connectivity index (χ3n) is 14.1. The Morgan fingerprint density at radius 2 is 1.67 bits per heavy atom. The summed E-state index contributed by atoms with van der Waals surface area (Å²) in [4.78, 5) is 70.8. The van der Waals surface area contributed by atoms with Crippen LogP contribution < -0.4 is 5.32 Å². The van der Waals surface area contributed by atoms with Crippen LogP contribution in [0.1, 0.15) is 123 Å². The van der Waals surface area contributed by atoms with Gasteiger partial charge in [0.1, 0.15) is 30.1 Å². The first-order valence-corrected chi connectivity index (χ1v) is 23.9. The molecule has 4 heterocycles. The Bertz CT molecular complexity index is 1920. The van der Waals surface area contributed by atoms with Gasteiger partial charge >= 0.3 is 5.97 Å². The van der Waals surface area contributed by atoms with Gasteiger partial charge in [-0.3, -0.25) is 24.5 Å². The van der Waals surface area contributed by atoms with Crippen LogP contribution in [0.25, 0.3) is 0 Å². The molecular weight excluding hydrogens is 873 g/mol. The molecule has 0 radical (unpaired) electrons. The second-order valence-electron chi connectivity index (χ2n) is 19.0. The van der Waals surface area contributed by atoms with Crippen molar-refractivity contribution in [2.24, 2.45) is 29.6 Å². The number of methoxy groups -OCH3 is 3. The number of hydrogen-bond acceptors (Lipinski definition) is 15. The fourth-order valence-electron chi connectivity index (χ4n) is 10.2. The monoisotopic (exact) mass is 944 g/mol. The Morgan fingerprint density at radius 3 is 2.32 bits per heavy atom. The van der Waals surface area contributed by atoms with Gasteiger partial charge in [0.15, 0.2) is 5.76 Å². The zero-order valence-electron chi connectivity index (χ0n) is 40.0. The number of piperidine rings is 1. The topological polar surface area (TPSA) is 210 Å². The van der Waals surface area contributed by atoms with Gasteiger partial charge in [-0.2, -0.15) is 0 Å². The predicted molar refractivity (Wildman–Crippen MR) is 246 cm³/mol. The van der Waals surface area contributed by atoms with Gasteiger partial charge in [0.05, 0.1) is 30.7 Å². The van der Waals surface area contributed by atoms with Crippen LogP contribution in [0.15, 0.2) is 46.1 Å². The molecule has 0 spiro atoms. The number of esters is 1. The molecule has 1 saturated carbocycles. The number of rotatable bonds is 8. The number of nitrogens with zero attached hydrogens (tertiary/aromatic N) is 1. The van der Waals surface area contributed by atoms with Crippen LogP contribution >= 0.6 is 12.2 Å². The Balaban J connectivity index is 1.45. The van der Waals surface area contributed by atoms with Gasteiger partial charge in [-0.1, -0.05) is 45.4 Å². The number of Topliss-reactive ketones (excluding diaryl/α,β-unsaturated/α-hetero) is 2. The first kappa shape index (κ1) is 53.1. The maximum absolute atomic E-state index is 14.5. The fraction of sp³-hybridized carbons (Fsp3) is 0.714. The summed E-state index contributed by atoms with van der Waals surface area (Å²) in [6, 6.07) is 1.92. The van der Waals surface area contributed by atoms with Crippen molar-refractivity contribution in [3.05, 3.63) is 47.5 Å². The van der Waals surface area contributed by atoms with Gasteiger partial charge in [-0.05, 0) is 120 Å². The number of hydrogen-bond donors (Lipinski definition) is 3. The van der Waals surface area contributed by atoms with Crippen LogP contribution in [0.4, 0.5) is 0 Å². The summed E-state index contributed by atoms with van der Waals surface area (Å²) in [5, 5.41) is 26.3. The molecule has 1 aromatic rings. The molecule has 16 nitrogen and oxygen atoms in total. The molecule has 1 aliphatic carbocycles. The smallest absolute Gasteiger partial charge is 0.329 e. The van der Waals surface area contributed by atoms with E-state index in [4.69, 9.17) is 45.1 Å². The van der Waals surface area contributed by atoms with Crippen LogP contribution in [0, 0.1) is 29.6 Å². The van der Waals surface area contributed by atoms with Crippen molar-refractivity contribution in [3.8, 4) is 0 Å². The molecule has 3 N–H and O–H groups in total. The number of carbonyl (C=O) groups is 5. The minimum absolute atomic E-state index is 0.0110. The zero-order valence-corrected chi connectivity index (χ0v) is 40.8. The van der Waals surface area contributed by atoms with Gasteiger partial charge in [0.2, 0.25) is 5.79 Å². The highest BCUT2D eigenvalue weighted by molar-refractivity contribution is 7.80. The third-order valence-corrected chi connectivity index (χ3v) is 14.3. The van der Waals surface area contributed by atoms with Crippen LogP contribution in [0.2, 0.25) is 0 Å². The largest absolute Gasteiger partial charge is 0.465 e. The molecule has 368 valence electrons. The lowest BCUT2D eigenvalue weighted by atomic mass is 9.81. The van der Waals surface area contributed by atoms with Gasteiger partial charge < -0.3 is 48.0 Å². The van der Waals surface area contributed by atoms with Crippen LogP contribution in [-0.2, 0) is 47.6 Å². The van der Waals surface area contributed by atoms with Gasteiger partial charge in [-0.25, -0.2) is 4.79 Å². The zero-order chi connectivity index (χ0) is 48.5. The number of ether oxygens (including phenoxy) is 6. The molecule has 5 rings (SSSR count). The highest BCUT2D eigenvalue weighted by Gasteiger charge is 2.56. The predicted octanol–water partition coefficient (Wildman–Crippen LogP) is 5.81. The van der Waals surface area contributed by atoms with E-state index in [1.165, 1.54) is 31.4 Å². The van der Waals surface area contributed by atoms with Crippen LogP contribution in [-0.4, -0.2) is 132 Å². The Morgan fingerprint density at radius 1 is 0.970 bits per heavy atom. The van der Waals surface area contributed by atoms with Crippen molar-refractivity contribution in [2.45, 2.75) is 167 Å². The number of cyclic esters (lactones) is 1. The van der Waals surface area contributed by atoms with E-state index in [-0.39, 0.29) is 54.4 Å². The van der Waals surface area contributed by atoms with E-state index in [1.807, 2.05) is 32.9 Å². The summed E-state index contributed by atoms with van der Waals surface area (Å²) in [5.74, 6) is -8.34. The van der Waals surface area contributed by atoms with E-state index in [9.17, 15) is 34.2 Å². The number of amides is 2. The average molecular weight is 945 g/mol. The minimum atomic E-state index is -2.53. The summed E-state index contributed by atoms with van der Waals surface area (Å²) in [5.41, 5.74) is 1.59. The lowest BCUT2D eigenvalue weighted by Crippen LogP contribution is -2.64. The molecule has 14 atom stereocenters. The molecule has 3 aliphatic heterocycles. The highest BCUT2D eigenvalue weighted by Crippen LogP contribution is 2.39. The second-order valence-corrected chi connectivity index (χ2v) is 19.3. The molecule has 0 unspecified atom stereocenters. The van der Waals surface area contributed by atoms with Crippen molar-refractivity contribution in [3.63, 3.8) is 0 Å². The van der Waals surface area contributed by atoms with E-state index < -0.39 is 95.9 Å². The molecular formula is C49H72N2O14S. The number of fused-ring (bicyclic) bond motifs is 3. The summed E-state index contributed by atoms with van der Waals surface area (Å²) < 4.78 is 41.3. The summed E-state index contributed by atoms with van der Waals surface area (Å²) >= 11 is 5.33. The second kappa shape index (κ2) is 23.9. The summed E-state index contributed by atoms with van der Waals surface area (Å²) in [6.07, 6.45) is 4.52. The number of aliphatic hydroxyl groups excluding tert-OH is 1. The van der Waals surface area contributed by atoms with E-state index in [0.29, 0.717) is 56.9 Å². The molecule has 0 aromatic carbocycles. The average Bonchev–Trinajstić information content (AvgIpc) is 3.85. The van der Waals surface area contributed by atoms with Gasteiger partial charge in [-0.15, -0.1) is 0 Å². The van der Waals surface area contributed by atoms with Crippen molar-refractivity contribution >= 4 is 46.7 Å². The van der Waals surface area contributed by atoms with Crippen molar-refractivity contribution in [1.82, 2.24) is 10.2 Å². The Hall–Kier alpha value is -3.84. The van der Waals surface area contributed by atoms with Gasteiger partial charge in [0.25, 0.3) is 22.8 Å². The van der Waals surface area contributed by atoms with Crippen molar-refractivity contribution in [1.29, 1.82) is 0 Å². The first-order valence-electron chi connectivity index (χ1n) is 23.5. The van der Waals surface area contributed by atoms with E-state index >= 15 is 0 Å². The molecule has 1 aromatic heterocycles. The van der Waals surface area contributed by atoms with E-state index in [0.717, 1.165) is 5.57 Å². The standard InChI is InChI=1S/C49H72N2O14S/c1-10-33-21-27(2)20-28(3)22-40(60-8)43-41(61-9)24-30(5)49(58,65-43)44(54)46(56)51-18-12-11-14-34(51)47(57)64-42(31(6)35(52)26-36(33)53)29(4)23-32-16-17-37(39(25-32)59-7)63-48(66)50-45(55)38-15-13-19-62-38/h13,15,19,21,23,28,30-35,37,39-43,52,58H,10-12,14,16-18,20,22,24-26H2,1-9H3,(H,50,55,66)/b27-21+,29-23+/t28-,30+,31+,32-,33+,34-,35-,37+,39+,40-,41-,42+,43+,49+/m0/s1. The molecule has 2 saturated heterocycles. The lowest BCUT2D eigenvalue weighted by molar-refractivity contribution is -0.302. The Kier molecular flexibility index (Phi) is 19.3. The number of allylic oxidation sites excluding steroid dienone is 3. The van der Waals surface area contributed by atoms with Gasteiger partial charge in [0, 0.05) is 52.0 Å². The third kappa shape index (κ3) is 12.8. The van der Waals surface area contributed by atoms with Crippen LogP contribution in [0.5, 0.6) is 0 Å². The quantitative estimate of drug-likeness (QED) is 0.122. The maximum atomic E-state index is 14.5.